The highest BCUT2D eigenvalue weighted by Crippen LogP contribution is 2.47. The summed E-state index contributed by atoms with van der Waals surface area (Å²) in [6.45, 7) is 7.46. The van der Waals surface area contributed by atoms with Crippen molar-refractivity contribution in [1.82, 2.24) is 4.90 Å². The number of nitriles is 1. The molecule has 6 nitrogen and oxygen atoms in total. The van der Waals surface area contributed by atoms with E-state index in [1.54, 1.807) is 12.1 Å². The molecule has 1 aromatic rings. The molecule has 1 aliphatic heterocycles. The van der Waals surface area contributed by atoms with E-state index < -0.39 is 5.60 Å². The van der Waals surface area contributed by atoms with Gasteiger partial charge in [-0.2, -0.15) is 5.26 Å². The van der Waals surface area contributed by atoms with Gasteiger partial charge in [0, 0.05) is 19.6 Å². The summed E-state index contributed by atoms with van der Waals surface area (Å²) in [6.07, 6.45) is 1.61. The molecular formula is C18H23ClN4O2. The summed E-state index contributed by atoms with van der Waals surface area (Å²) >= 11 is 6.37. The van der Waals surface area contributed by atoms with Gasteiger partial charge < -0.3 is 15.4 Å². The number of anilines is 2. The van der Waals surface area contributed by atoms with E-state index in [0.29, 0.717) is 35.9 Å². The van der Waals surface area contributed by atoms with Gasteiger partial charge in [0.15, 0.2) is 0 Å². The fraction of sp³-hybridized carbons (Fsp3) is 0.556. The summed E-state index contributed by atoms with van der Waals surface area (Å²) in [7, 11) is 0. The molecule has 0 aromatic heterocycles. The number of nitrogens with two attached hydrogens (primary N) is 1. The topological polar surface area (TPSA) is 82.6 Å². The van der Waals surface area contributed by atoms with Crippen molar-refractivity contribution in [3.8, 4) is 6.07 Å². The second-order valence-corrected chi connectivity index (χ2v) is 8.17. The molecule has 1 spiro atoms. The van der Waals surface area contributed by atoms with Gasteiger partial charge in [0.2, 0.25) is 0 Å². The third-order valence-electron chi connectivity index (χ3n) is 4.64. The van der Waals surface area contributed by atoms with E-state index in [0.717, 1.165) is 18.5 Å². The molecular weight excluding hydrogens is 340 g/mol. The Morgan fingerprint density at radius 3 is 2.60 bits per heavy atom. The molecule has 2 N–H and O–H groups in total. The Bertz CT molecular complexity index is 747. The molecule has 1 amide bonds. The van der Waals surface area contributed by atoms with E-state index in [-0.39, 0.29) is 11.6 Å². The third-order valence-corrected chi connectivity index (χ3v) is 5.06. The van der Waals surface area contributed by atoms with Gasteiger partial charge >= 0.3 is 6.09 Å². The Labute approximate surface area is 153 Å². The predicted molar refractivity (Wildman–Crippen MR) is 97.7 cm³/mol. The maximum Gasteiger partial charge on any atom is 0.410 e. The van der Waals surface area contributed by atoms with Crippen molar-refractivity contribution in [3.63, 3.8) is 0 Å². The van der Waals surface area contributed by atoms with Crippen LogP contribution in [-0.4, -0.2) is 41.8 Å². The van der Waals surface area contributed by atoms with Crippen LogP contribution in [0.4, 0.5) is 16.2 Å². The number of rotatable bonds is 1. The van der Waals surface area contributed by atoms with Crippen LogP contribution in [0.15, 0.2) is 12.1 Å². The van der Waals surface area contributed by atoms with Gasteiger partial charge in [0.25, 0.3) is 0 Å². The van der Waals surface area contributed by atoms with E-state index in [9.17, 15) is 10.1 Å². The summed E-state index contributed by atoms with van der Waals surface area (Å²) < 4.78 is 5.55. The Balaban J connectivity index is 1.82. The maximum absolute atomic E-state index is 12.5. The number of ether oxygens (including phenoxy) is 1. The highest BCUT2D eigenvalue weighted by Gasteiger charge is 2.54. The van der Waals surface area contributed by atoms with Crippen molar-refractivity contribution in [2.45, 2.75) is 44.8 Å². The Morgan fingerprint density at radius 1 is 1.36 bits per heavy atom. The molecule has 0 radical (unpaired) electrons. The molecule has 0 bridgehead atoms. The zero-order valence-electron chi connectivity index (χ0n) is 14.8. The minimum absolute atomic E-state index is 0.207. The number of halogens is 1. The average molecular weight is 363 g/mol. The number of hydrogen-bond donors (Lipinski definition) is 1. The van der Waals surface area contributed by atoms with Crippen molar-refractivity contribution >= 4 is 29.1 Å². The number of amides is 1. The van der Waals surface area contributed by atoms with Crippen molar-refractivity contribution in [2.75, 3.05) is 30.3 Å². The molecule has 1 aliphatic carbocycles. The lowest BCUT2D eigenvalue weighted by Gasteiger charge is -2.43. The normalized spacial score (nSPS) is 18.8. The quantitative estimate of drug-likeness (QED) is 0.774. The first kappa shape index (κ1) is 17.7. The molecule has 1 heterocycles. The maximum atomic E-state index is 12.5. The lowest BCUT2D eigenvalue weighted by molar-refractivity contribution is 0.0106. The van der Waals surface area contributed by atoms with Crippen LogP contribution < -0.4 is 10.6 Å². The zero-order chi connectivity index (χ0) is 18.4. The molecule has 1 saturated carbocycles. The fourth-order valence-electron chi connectivity index (χ4n) is 3.28. The Morgan fingerprint density at radius 2 is 2.04 bits per heavy atom. The van der Waals surface area contributed by atoms with E-state index in [1.165, 1.54) is 0 Å². The summed E-state index contributed by atoms with van der Waals surface area (Å²) in [5, 5.41) is 9.64. The van der Waals surface area contributed by atoms with Crippen molar-refractivity contribution in [1.29, 1.82) is 5.26 Å². The lowest BCUT2D eigenvalue weighted by atomic mass is 10.1. The fourth-order valence-corrected chi connectivity index (χ4v) is 3.51. The largest absolute Gasteiger partial charge is 0.444 e. The predicted octanol–water partition coefficient (Wildman–Crippen LogP) is 3.38. The van der Waals surface area contributed by atoms with Gasteiger partial charge in [-0.1, -0.05) is 11.6 Å². The van der Waals surface area contributed by atoms with E-state index >= 15 is 0 Å². The Hall–Kier alpha value is -2.13. The first-order valence-electron chi connectivity index (χ1n) is 8.40. The van der Waals surface area contributed by atoms with Gasteiger partial charge in [0.05, 0.1) is 33.6 Å². The van der Waals surface area contributed by atoms with Crippen molar-refractivity contribution in [3.05, 3.63) is 22.7 Å². The van der Waals surface area contributed by atoms with Crippen LogP contribution in [0.25, 0.3) is 0 Å². The number of nitrogen functional groups attached to an aromatic ring is 1. The Kier molecular flexibility index (Phi) is 4.24. The van der Waals surface area contributed by atoms with E-state index in [1.807, 2.05) is 25.7 Å². The number of carbonyl (C=O) groups excluding carboxylic acids is 1. The van der Waals surface area contributed by atoms with E-state index in [2.05, 4.69) is 11.0 Å². The lowest BCUT2D eigenvalue weighted by Crippen LogP contribution is -2.58. The van der Waals surface area contributed by atoms with Crippen LogP contribution in [0.2, 0.25) is 5.02 Å². The summed E-state index contributed by atoms with van der Waals surface area (Å²) in [4.78, 5) is 16.5. The molecule has 2 aliphatic rings. The molecule has 0 atom stereocenters. The van der Waals surface area contributed by atoms with Crippen LogP contribution in [-0.2, 0) is 4.74 Å². The monoisotopic (exact) mass is 362 g/mol. The highest BCUT2D eigenvalue weighted by molar-refractivity contribution is 6.35. The molecule has 2 fully saturated rings. The molecule has 25 heavy (non-hydrogen) atoms. The molecule has 1 saturated heterocycles. The van der Waals surface area contributed by atoms with Gasteiger partial charge in [0.1, 0.15) is 5.60 Å². The van der Waals surface area contributed by atoms with Gasteiger partial charge in [-0.25, -0.2) is 4.79 Å². The molecule has 3 rings (SSSR count). The van der Waals surface area contributed by atoms with Crippen LogP contribution in [0, 0.1) is 11.3 Å². The van der Waals surface area contributed by atoms with Crippen LogP contribution >= 0.6 is 11.6 Å². The summed E-state index contributed by atoms with van der Waals surface area (Å²) in [5.74, 6) is 0. The smallest absolute Gasteiger partial charge is 0.410 e. The molecule has 0 unspecified atom stereocenters. The van der Waals surface area contributed by atoms with Crippen molar-refractivity contribution in [2.24, 2.45) is 0 Å². The number of benzene rings is 1. The summed E-state index contributed by atoms with van der Waals surface area (Å²) in [5.41, 5.74) is 6.86. The van der Waals surface area contributed by atoms with E-state index in [4.69, 9.17) is 22.1 Å². The van der Waals surface area contributed by atoms with Crippen LogP contribution in [0.3, 0.4) is 0 Å². The van der Waals surface area contributed by atoms with Crippen LogP contribution in [0.1, 0.15) is 39.2 Å². The molecule has 7 heteroatoms. The molecule has 1 aromatic carbocycles. The second-order valence-electron chi connectivity index (χ2n) is 7.79. The number of nitrogens with zero attached hydrogens (tertiary/aromatic N) is 3. The molecule has 134 valence electrons. The summed E-state index contributed by atoms with van der Waals surface area (Å²) in [6, 6.07) is 5.45. The minimum atomic E-state index is -0.511. The number of hydrogen-bond acceptors (Lipinski definition) is 5. The minimum Gasteiger partial charge on any atom is -0.444 e. The van der Waals surface area contributed by atoms with Gasteiger partial charge in [-0.3, -0.25) is 4.90 Å². The number of carbonyl (C=O) groups is 1. The standard InChI is InChI=1S/C18H23ClN4O2/c1-17(2,3)25-16(24)23-7-6-22(11-18(23)4-5-18)14-9-12(10-20)8-13(21)15(14)19/h8-9H,4-7,11,21H2,1-3H3. The first-order valence-corrected chi connectivity index (χ1v) is 8.78. The van der Waals surface area contributed by atoms with Gasteiger partial charge in [-0.15, -0.1) is 0 Å². The number of piperazine rings is 1. The SMILES string of the molecule is CC(C)(C)OC(=O)N1CCN(c2cc(C#N)cc(N)c2Cl)CC12CC2. The third kappa shape index (κ3) is 3.47. The van der Waals surface area contributed by atoms with Crippen molar-refractivity contribution < 1.29 is 9.53 Å². The van der Waals surface area contributed by atoms with Gasteiger partial charge in [-0.05, 0) is 45.7 Å². The van der Waals surface area contributed by atoms with Crippen LogP contribution in [0.5, 0.6) is 0 Å². The first-order chi connectivity index (χ1) is 11.6. The average Bonchev–Trinajstić information content (AvgIpc) is 3.27. The zero-order valence-corrected chi connectivity index (χ0v) is 15.6. The second kappa shape index (κ2) is 5.99. The highest BCUT2D eigenvalue weighted by atomic mass is 35.5.